The molecule has 19 heavy (non-hydrogen) atoms. The summed E-state index contributed by atoms with van der Waals surface area (Å²) in [6.45, 7) is 6.87. The summed E-state index contributed by atoms with van der Waals surface area (Å²) in [5.41, 5.74) is -4.43. The Morgan fingerprint density at radius 3 is 2.16 bits per heavy atom. The predicted molar refractivity (Wildman–Crippen MR) is 72.6 cm³/mol. The van der Waals surface area contributed by atoms with Crippen molar-refractivity contribution >= 4 is 0 Å². The Hall–Kier alpha value is -0.160. The van der Waals surface area contributed by atoms with E-state index in [4.69, 9.17) is 0 Å². The predicted octanol–water partition coefficient (Wildman–Crippen LogP) is 1.20. The molecule has 0 aromatic rings. The van der Waals surface area contributed by atoms with Gasteiger partial charge in [0.25, 0.3) is 0 Å². The fourth-order valence-electron chi connectivity index (χ4n) is 4.51. The topological polar surface area (TPSA) is 80.9 Å². The van der Waals surface area contributed by atoms with Gasteiger partial charge in [-0.05, 0) is 52.9 Å². The monoisotopic (exact) mass is 272 g/mol. The molecule has 2 aliphatic rings. The number of aliphatic hydroxyl groups excluding tert-OH is 1. The summed E-state index contributed by atoms with van der Waals surface area (Å²) in [4.78, 5) is 0. The van der Waals surface area contributed by atoms with E-state index < -0.39 is 34.2 Å². The van der Waals surface area contributed by atoms with Gasteiger partial charge in [-0.15, -0.1) is 0 Å². The number of hydrogen-bond donors (Lipinski definition) is 4. The minimum Gasteiger partial charge on any atom is -0.390 e. The molecule has 2 rings (SSSR count). The third-order valence-electron chi connectivity index (χ3n) is 5.86. The molecule has 0 amide bonds. The summed E-state index contributed by atoms with van der Waals surface area (Å²) >= 11 is 0. The van der Waals surface area contributed by atoms with Gasteiger partial charge in [0.2, 0.25) is 0 Å². The van der Waals surface area contributed by atoms with E-state index in [1.165, 1.54) is 0 Å². The van der Waals surface area contributed by atoms with Gasteiger partial charge in [-0.3, -0.25) is 0 Å². The molecule has 112 valence electrons. The average molecular weight is 272 g/mol. The first-order chi connectivity index (χ1) is 8.46. The van der Waals surface area contributed by atoms with Gasteiger partial charge >= 0.3 is 0 Å². The Kier molecular flexibility index (Phi) is 3.34. The van der Waals surface area contributed by atoms with Gasteiger partial charge < -0.3 is 20.4 Å². The van der Waals surface area contributed by atoms with E-state index in [0.29, 0.717) is 19.3 Å². The molecule has 0 radical (unpaired) electrons. The number of fused-ring (bicyclic) bond motifs is 1. The maximum absolute atomic E-state index is 11.2. The lowest BCUT2D eigenvalue weighted by atomic mass is 9.48. The zero-order valence-corrected chi connectivity index (χ0v) is 12.5. The molecule has 0 spiro atoms. The lowest BCUT2D eigenvalue weighted by Gasteiger charge is -2.63. The third kappa shape index (κ3) is 1.96. The Balaban J connectivity index is 2.46. The molecule has 4 nitrogen and oxygen atoms in total. The number of hydrogen-bond acceptors (Lipinski definition) is 4. The molecule has 2 saturated carbocycles. The summed E-state index contributed by atoms with van der Waals surface area (Å²) in [6.07, 6.45) is 2.40. The summed E-state index contributed by atoms with van der Waals surface area (Å²) in [5, 5.41) is 42.7. The van der Waals surface area contributed by atoms with Crippen molar-refractivity contribution in [2.75, 3.05) is 0 Å². The second-order valence-electron chi connectivity index (χ2n) is 7.70. The first-order valence-corrected chi connectivity index (χ1v) is 7.31. The van der Waals surface area contributed by atoms with Crippen LogP contribution in [0.25, 0.3) is 0 Å². The van der Waals surface area contributed by atoms with Crippen molar-refractivity contribution in [3.05, 3.63) is 0 Å². The zero-order valence-electron chi connectivity index (χ0n) is 12.5. The maximum atomic E-state index is 11.2. The summed E-state index contributed by atoms with van der Waals surface area (Å²) in [6, 6.07) is 0. The van der Waals surface area contributed by atoms with Crippen molar-refractivity contribution in [3.63, 3.8) is 0 Å². The van der Waals surface area contributed by atoms with Gasteiger partial charge in [-0.25, -0.2) is 0 Å². The quantitative estimate of drug-likeness (QED) is 0.578. The van der Waals surface area contributed by atoms with Crippen molar-refractivity contribution in [2.45, 2.75) is 82.7 Å². The number of rotatable bonds is 1. The Morgan fingerprint density at radius 2 is 1.63 bits per heavy atom. The van der Waals surface area contributed by atoms with Crippen LogP contribution in [0.5, 0.6) is 0 Å². The Bertz CT molecular complexity index is 360. The molecule has 0 unspecified atom stereocenters. The molecule has 0 aromatic heterocycles. The summed E-state index contributed by atoms with van der Waals surface area (Å²) < 4.78 is 0. The highest BCUT2D eigenvalue weighted by molar-refractivity contribution is 5.18. The SMILES string of the molecule is CC(C)(O)[C@@H]1CC[C@@]2(C)CCC[C@@](C)(O)[C@]2(O)[C@H]1O. The summed E-state index contributed by atoms with van der Waals surface area (Å²) in [5.74, 6) is -0.421. The van der Waals surface area contributed by atoms with Crippen molar-refractivity contribution < 1.29 is 20.4 Å². The van der Waals surface area contributed by atoms with Gasteiger partial charge in [0.05, 0.1) is 17.3 Å². The highest BCUT2D eigenvalue weighted by atomic mass is 16.4. The Morgan fingerprint density at radius 1 is 1.05 bits per heavy atom. The lowest BCUT2D eigenvalue weighted by Crippen LogP contribution is -2.74. The van der Waals surface area contributed by atoms with Crippen molar-refractivity contribution in [1.82, 2.24) is 0 Å². The molecule has 5 atom stereocenters. The van der Waals surface area contributed by atoms with Crippen LogP contribution in [0.1, 0.15) is 59.8 Å². The maximum Gasteiger partial charge on any atom is 0.124 e. The van der Waals surface area contributed by atoms with Gasteiger partial charge in [-0.1, -0.05) is 6.92 Å². The van der Waals surface area contributed by atoms with Gasteiger partial charge in [0, 0.05) is 11.3 Å². The Labute approximate surface area is 115 Å². The van der Waals surface area contributed by atoms with Crippen LogP contribution in [-0.2, 0) is 0 Å². The number of aliphatic hydroxyl groups is 4. The highest BCUT2D eigenvalue weighted by Gasteiger charge is 2.67. The van der Waals surface area contributed by atoms with Crippen LogP contribution in [0, 0.1) is 11.3 Å². The highest BCUT2D eigenvalue weighted by Crippen LogP contribution is 2.59. The van der Waals surface area contributed by atoms with Gasteiger partial charge in [0.1, 0.15) is 5.60 Å². The minimum atomic E-state index is -1.55. The first kappa shape index (κ1) is 15.2. The molecular formula is C15H28O4. The van der Waals surface area contributed by atoms with Gasteiger partial charge in [0.15, 0.2) is 0 Å². The molecule has 4 heteroatoms. The van der Waals surface area contributed by atoms with Gasteiger partial charge in [-0.2, -0.15) is 0 Å². The van der Waals surface area contributed by atoms with E-state index in [-0.39, 0.29) is 0 Å². The molecule has 2 fully saturated rings. The third-order valence-corrected chi connectivity index (χ3v) is 5.86. The van der Waals surface area contributed by atoms with Crippen molar-refractivity contribution in [1.29, 1.82) is 0 Å². The fourth-order valence-corrected chi connectivity index (χ4v) is 4.51. The van der Waals surface area contributed by atoms with Crippen LogP contribution in [0.2, 0.25) is 0 Å². The smallest absolute Gasteiger partial charge is 0.124 e. The van der Waals surface area contributed by atoms with Crippen LogP contribution >= 0.6 is 0 Å². The van der Waals surface area contributed by atoms with Crippen LogP contribution in [0.4, 0.5) is 0 Å². The molecule has 0 bridgehead atoms. The molecule has 2 aliphatic carbocycles. The normalized spacial score (nSPS) is 51.8. The second-order valence-corrected chi connectivity index (χ2v) is 7.70. The lowest BCUT2D eigenvalue weighted by molar-refractivity contribution is -0.306. The van der Waals surface area contributed by atoms with E-state index in [0.717, 1.165) is 12.8 Å². The van der Waals surface area contributed by atoms with E-state index in [2.05, 4.69) is 0 Å². The fraction of sp³-hybridized carbons (Fsp3) is 1.00. The molecule has 0 heterocycles. The molecule has 0 aromatic carbocycles. The second kappa shape index (κ2) is 4.17. The zero-order chi connectivity index (χ0) is 14.7. The van der Waals surface area contributed by atoms with Crippen molar-refractivity contribution in [2.24, 2.45) is 11.3 Å². The van der Waals surface area contributed by atoms with Crippen molar-refractivity contribution in [3.8, 4) is 0 Å². The summed E-state index contributed by atoms with van der Waals surface area (Å²) in [7, 11) is 0. The molecule has 4 N–H and O–H groups in total. The standard InChI is InChI=1S/C15H28O4/c1-12(2,17)10-6-9-13(3)7-5-8-14(4,18)15(13,19)11(10)16/h10-11,16-19H,5-9H2,1-4H3/t10-,11+,13-,14-,15+/m1/s1. The average Bonchev–Trinajstić information content (AvgIpc) is 2.22. The van der Waals surface area contributed by atoms with Crippen LogP contribution in [0.15, 0.2) is 0 Å². The van der Waals surface area contributed by atoms with E-state index in [1.807, 2.05) is 6.92 Å². The van der Waals surface area contributed by atoms with Crippen LogP contribution in [0.3, 0.4) is 0 Å². The first-order valence-electron chi connectivity index (χ1n) is 7.31. The van der Waals surface area contributed by atoms with E-state index >= 15 is 0 Å². The van der Waals surface area contributed by atoms with Crippen LogP contribution < -0.4 is 0 Å². The molecule has 0 aliphatic heterocycles. The largest absolute Gasteiger partial charge is 0.390 e. The molecular weight excluding hydrogens is 244 g/mol. The molecule has 0 saturated heterocycles. The minimum absolute atomic E-state index is 0.421. The van der Waals surface area contributed by atoms with Crippen LogP contribution in [-0.4, -0.2) is 43.3 Å². The van der Waals surface area contributed by atoms with E-state index in [9.17, 15) is 20.4 Å². The van der Waals surface area contributed by atoms with E-state index in [1.54, 1.807) is 20.8 Å².